The Morgan fingerprint density at radius 3 is 2.73 bits per heavy atom. The van der Waals surface area contributed by atoms with Crippen LogP contribution in [0.1, 0.15) is 26.2 Å². The minimum absolute atomic E-state index is 0.118. The number of nitrogens with zero attached hydrogens (tertiary/aromatic N) is 1. The lowest BCUT2D eigenvalue weighted by Gasteiger charge is -2.34. The molecule has 1 aliphatic carbocycles. The molecule has 0 N–H and O–H groups in total. The van der Waals surface area contributed by atoms with Gasteiger partial charge in [0.05, 0.1) is 0 Å². The molecule has 0 aromatic heterocycles. The van der Waals surface area contributed by atoms with Gasteiger partial charge in [0.1, 0.15) is 11.8 Å². The standard InChI is InChI=1S/C12H15NO2/c1-9(8-14)12(6-3-7-13-12)11(15)10-4-2-5-10/h3,6-10H,2,4-5H2,1H3. The number of aldehydes is 1. The van der Waals surface area contributed by atoms with E-state index in [-0.39, 0.29) is 17.6 Å². The van der Waals surface area contributed by atoms with Gasteiger partial charge in [0.15, 0.2) is 5.78 Å². The van der Waals surface area contributed by atoms with E-state index < -0.39 is 5.54 Å². The summed E-state index contributed by atoms with van der Waals surface area (Å²) in [5.74, 6) is -0.119. The number of rotatable bonds is 4. The molecular weight excluding hydrogens is 190 g/mol. The maximum absolute atomic E-state index is 12.2. The quantitative estimate of drug-likeness (QED) is 0.654. The zero-order chi connectivity index (χ0) is 10.9. The molecule has 0 aromatic rings. The highest BCUT2D eigenvalue weighted by Gasteiger charge is 2.46. The van der Waals surface area contributed by atoms with E-state index in [2.05, 4.69) is 4.99 Å². The molecule has 2 unspecified atom stereocenters. The molecule has 2 aliphatic rings. The topological polar surface area (TPSA) is 46.5 Å². The van der Waals surface area contributed by atoms with Gasteiger partial charge in [-0.1, -0.05) is 13.3 Å². The molecule has 0 radical (unpaired) electrons. The highest BCUT2D eigenvalue weighted by molar-refractivity contribution is 6.00. The number of Topliss-reactive ketones (excluding diaryl/α,β-unsaturated/α-hetero) is 1. The van der Waals surface area contributed by atoms with Gasteiger partial charge in [-0.3, -0.25) is 9.79 Å². The van der Waals surface area contributed by atoms with Crippen LogP contribution >= 0.6 is 0 Å². The van der Waals surface area contributed by atoms with Gasteiger partial charge in [-0.25, -0.2) is 0 Å². The lowest BCUT2D eigenvalue weighted by Crippen LogP contribution is -2.46. The third-order valence-electron chi connectivity index (χ3n) is 3.49. The molecule has 2 atom stereocenters. The number of hydrogen-bond acceptors (Lipinski definition) is 3. The molecule has 3 heteroatoms. The van der Waals surface area contributed by atoms with Crippen LogP contribution in [0, 0.1) is 11.8 Å². The van der Waals surface area contributed by atoms with Gasteiger partial charge in [0.2, 0.25) is 0 Å². The summed E-state index contributed by atoms with van der Waals surface area (Å²) in [7, 11) is 0. The molecule has 0 aromatic carbocycles. The Kier molecular flexibility index (Phi) is 2.55. The van der Waals surface area contributed by atoms with Gasteiger partial charge in [0, 0.05) is 18.1 Å². The fraction of sp³-hybridized carbons (Fsp3) is 0.583. The van der Waals surface area contributed by atoms with Gasteiger partial charge in [-0.05, 0) is 25.0 Å². The molecular formula is C12H15NO2. The van der Waals surface area contributed by atoms with E-state index in [9.17, 15) is 9.59 Å². The average molecular weight is 205 g/mol. The summed E-state index contributed by atoms with van der Waals surface area (Å²) in [5, 5.41) is 0. The van der Waals surface area contributed by atoms with Crippen molar-refractivity contribution in [2.24, 2.45) is 16.8 Å². The van der Waals surface area contributed by atoms with Crippen LogP contribution in [-0.4, -0.2) is 23.8 Å². The van der Waals surface area contributed by atoms with Gasteiger partial charge in [-0.2, -0.15) is 0 Å². The molecule has 3 nitrogen and oxygen atoms in total. The molecule has 15 heavy (non-hydrogen) atoms. The Morgan fingerprint density at radius 1 is 1.60 bits per heavy atom. The summed E-state index contributed by atoms with van der Waals surface area (Å²) in [6, 6.07) is 0. The van der Waals surface area contributed by atoms with Crippen molar-refractivity contribution in [2.45, 2.75) is 31.7 Å². The third-order valence-corrected chi connectivity index (χ3v) is 3.49. The SMILES string of the molecule is CC(C=O)C1(C(=O)C2CCC2)C=CC=N1. The largest absolute Gasteiger partial charge is 0.303 e. The van der Waals surface area contributed by atoms with Crippen LogP contribution in [0.15, 0.2) is 17.1 Å². The van der Waals surface area contributed by atoms with Crippen molar-refractivity contribution in [1.29, 1.82) is 0 Å². The highest BCUT2D eigenvalue weighted by atomic mass is 16.1. The van der Waals surface area contributed by atoms with E-state index in [4.69, 9.17) is 0 Å². The summed E-state index contributed by atoms with van der Waals surface area (Å²) in [6.45, 7) is 1.76. The van der Waals surface area contributed by atoms with E-state index in [1.54, 1.807) is 25.3 Å². The molecule has 1 saturated carbocycles. The first kappa shape index (κ1) is 10.3. The molecule has 1 heterocycles. The number of hydrogen-bond donors (Lipinski definition) is 0. The summed E-state index contributed by atoms with van der Waals surface area (Å²) in [5.41, 5.74) is -0.882. The van der Waals surface area contributed by atoms with Gasteiger partial charge in [0.25, 0.3) is 0 Å². The number of carbonyl (C=O) groups is 2. The molecule has 0 saturated heterocycles. The normalized spacial score (nSPS) is 31.3. The van der Waals surface area contributed by atoms with Crippen LogP contribution in [-0.2, 0) is 9.59 Å². The Labute approximate surface area is 89.3 Å². The van der Waals surface area contributed by atoms with Gasteiger partial charge in [-0.15, -0.1) is 0 Å². The average Bonchev–Trinajstić information content (AvgIpc) is 2.63. The molecule has 1 fully saturated rings. The van der Waals surface area contributed by atoms with Crippen molar-refractivity contribution >= 4 is 18.3 Å². The first-order valence-corrected chi connectivity index (χ1v) is 5.43. The minimum Gasteiger partial charge on any atom is -0.303 e. The van der Waals surface area contributed by atoms with Crippen molar-refractivity contribution in [3.63, 3.8) is 0 Å². The van der Waals surface area contributed by atoms with Crippen LogP contribution in [0.2, 0.25) is 0 Å². The second-order valence-corrected chi connectivity index (χ2v) is 4.38. The Balaban J connectivity index is 2.26. The molecule has 0 amide bonds. The molecule has 2 rings (SSSR count). The summed E-state index contributed by atoms with van der Waals surface area (Å²) >= 11 is 0. The minimum atomic E-state index is -0.882. The van der Waals surface area contributed by atoms with E-state index in [0.717, 1.165) is 25.5 Å². The summed E-state index contributed by atoms with van der Waals surface area (Å²) in [6.07, 6.45) is 9.00. The van der Waals surface area contributed by atoms with Crippen molar-refractivity contribution in [2.75, 3.05) is 0 Å². The molecule has 80 valence electrons. The molecule has 0 bridgehead atoms. The number of allylic oxidation sites excluding steroid dienone is 1. The summed E-state index contributed by atoms with van der Waals surface area (Å²) < 4.78 is 0. The van der Waals surface area contributed by atoms with Crippen molar-refractivity contribution in [3.05, 3.63) is 12.2 Å². The smallest absolute Gasteiger partial charge is 0.168 e. The number of ketones is 1. The Bertz CT molecular complexity index is 328. The van der Waals surface area contributed by atoms with Crippen LogP contribution in [0.3, 0.4) is 0 Å². The van der Waals surface area contributed by atoms with Gasteiger partial charge >= 0.3 is 0 Å². The Morgan fingerprint density at radius 2 is 2.33 bits per heavy atom. The maximum atomic E-state index is 12.2. The van der Waals surface area contributed by atoms with E-state index in [1.807, 2.05) is 0 Å². The second kappa shape index (κ2) is 3.72. The molecule has 0 spiro atoms. The Hall–Kier alpha value is -1.25. The van der Waals surface area contributed by atoms with E-state index >= 15 is 0 Å². The number of carbonyl (C=O) groups excluding carboxylic acids is 2. The first-order valence-electron chi connectivity index (χ1n) is 5.43. The van der Waals surface area contributed by atoms with Crippen LogP contribution in [0.25, 0.3) is 0 Å². The zero-order valence-corrected chi connectivity index (χ0v) is 8.85. The predicted octanol–water partition coefficient (Wildman–Crippen LogP) is 1.57. The summed E-state index contributed by atoms with van der Waals surface area (Å²) in [4.78, 5) is 27.3. The van der Waals surface area contributed by atoms with Gasteiger partial charge < -0.3 is 4.79 Å². The van der Waals surface area contributed by atoms with Crippen molar-refractivity contribution in [3.8, 4) is 0 Å². The maximum Gasteiger partial charge on any atom is 0.168 e. The van der Waals surface area contributed by atoms with Crippen molar-refractivity contribution in [1.82, 2.24) is 0 Å². The first-order chi connectivity index (χ1) is 7.20. The fourth-order valence-corrected chi connectivity index (χ4v) is 2.14. The zero-order valence-electron chi connectivity index (χ0n) is 8.85. The van der Waals surface area contributed by atoms with Crippen LogP contribution in [0.5, 0.6) is 0 Å². The lowest BCUT2D eigenvalue weighted by molar-refractivity contribution is -0.132. The third kappa shape index (κ3) is 1.46. The van der Waals surface area contributed by atoms with E-state index in [1.165, 1.54) is 0 Å². The number of aliphatic imine (C=N–C) groups is 1. The lowest BCUT2D eigenvalue weighted by atomic mass is 9.71. The monoisotopic (exact) mass is 205 g/mol. The highest BCUT2D eigenvalue weighted by Crippen LogP contribution is 2.37. The van der Waals surface area contributed by atoms with E-state index in [0.29, 0.717) is 0 Å². The molecule has 1 aliphatic heterocycles. The van der Waals surface area contributed by atoms with Crippen LogP contribution in [0.4, 0.5) is 0 Å². The van der Waals surface area contributed by atoms with Crippen molar-refractivity contribution < 1.29 is 9.59 Å². The fourth-order valence-electron chi connectivity index (χ4n) is 2.14. The van der Waals surface area contributed by atoms with Crippen LogP contribution < -0.4 is 0 Å². The predicted molar refractivity (Wildman–Crippen MR) is 57.9 cm³/mol. The second-order valence-electron chi connectivity index (χ2n) is 4.38.